The number of Topliss-reactive ketones (excluding diaryl/α,β-unsaturated/α-hetero) is 2. The lowest BCUT2D eigenvalue weighted by atomic mass is 10.1. The highest BCUT2D eigenvalue weighted by molar-refractivity contribution is 6.46. The average Bonchev–Trinajstić information content (AvgIpc) is 3.42. The summed E-state index contributed by atoms with van der Waals surface area (Å²) >= 11 is 12.0. The average molecular weight is 459 g/mol. The van der Waals surface area contributed by atoms with Gasteiger partial charge in [-0.25, -0.2) is 0 Å². The molecule has 0 N–H and O–H groups in total. The topological polar surface area (TPSA) is 60.4 Å². The fourth-order valence-electron chi connectivity index (χ4n) is 4.00. The maximum Gasteiger partial charge on any atom is 0.197 e. The highest BCUT2D eigenvalue weighted by Crippen LogP contribution is 2.36. The van der Waals surface area contributed by atoms with Crippen LogP contribution in [0, 0.1) is 0 Å². The number of benzene rings is 3. The summed E-state index contributed by atoms with van der Waals surface area (Å²) in [5, 5.41) is 2.71. The van der Waals surface area contributed by atoms with Crippen LogP contribution in [0.15, 0.2) is 81.1 Å². The molecule has 4 nitrogen and oxygen atoms in total. The summed E-state index contributed by atoms with van der Waals surface area (Å²) in [6, 6.07) is 20.5. The van der Waals surface area contributed by atoms with Crippen molar-refractivity contribution in [3.63, 3.8) is 0 Å². The maximum atomic E-state index is 12.7. The van der Waals surface area contributed by atoms with Gasteiger partial charge in [0, 0.05) is 28.8 Å². The predicted octanol–water partition coefficient (Wildman–Crippen LogP) is 7.62. The van der Waals surface area contributed by atoms with Crippen LogP contribution in [0.25, 0.3) is 39.3 Å². The third-order valence-corrected chi connectivity index (χ3v) is 6.31. The Morgan fingerprint density at radius 2 is 1.34 bits per heavy atom. The number of furan rings is 2. The smallest absolute Gasteiger partial charge is 0.197 e. The third-order valence-electron chi connectivity index (χ3n) is 5.59. The molecule has 0 saturated carbocycles. The van der Waals surface area contributed by atoms with Gasteiger partial charge in [0.1, 0.15) is 11.5 Å². The number of ketones is 2. The van der Waals surface area contributed by atoms with E-state index in [4.69, 9.17) is 32.0 Å². The molecule has 0 radical (unpaired) electrons. The summed E-state index contributed by atoms with van der Waals surface area (Å²) in [5.74, 6) is 0.209. The molecular weight excluding hydrogens is 447 g/mol. The standard InChI is InChI=1S/C26H12Cl2O4/c27-20-10-17-18(11-21(20)28)26(30)19(25(17)29)8-16-9-23-24(31-16)12-22(32-23)15-6-5-13-3-1-2-4-14(13)7-15/h1-12H. The van der Waals surface area contributed by atoms with Crippen LogP contribution >= 0.6 is 23.2 Å². The quantitative estimate of drug-likeness (QED) is 0.201. The van der Waals surface area contributed by atoms with Crippen LogP contribution < -0.4 is 0 Å². The van der Waals surface area contributed by atoms with Gasteiger partial charge in [0.15, 0.2) is 22.7 Å². The van der Waals surface area contributed by atoms with E-state index in [-0.39, 0.29) is 26.7 Å². The SMILES string of the molecule is O=C1C(=Cc2cc3oc(-c4ccc5ccccc5c4)cc3o2)C(=O)c2cc(Cl)c(Cl)cc21. The molecule has 0 unspecified atom stereocenters. The lowest BCUT2D eigenvalue weighted by molar-refractivity contribution is 0.0990. The second-order valence-electron chi connectivity index (χ2n) is 7.58. The summed E-state index contributed by atoms with van der Waals surface area (Å²) in [7, 11) is 0. The number of hydrogen-bond acceptors (Lipinski definition) is 4. The molecule has 0 aliphatic heterocycles. The van der Waals surface area contributed by atoms with Gasteiger partial charge in [0.05, 0.1) is 15.6 Å². The van der Waals surface area contributed by atoms with Crippen LogP contribution in [-0.2, 0) is 0 Å². The first-order valence-electron chi connectivity index (χ1n) is 9.80. The van der Waals surface area contributed by atoms with Gasteiger partial charge in [-0.1, -0.05) is 59.6 Å². The molecule has 2 heterocycles. The van der Waals surface area contributed by atoms with Crippen LogP contribution in [0.4, 0.5) is 0 Å². The van der Waals surface area contributed by atoms with Gasteiger partial charge in [0.25, 0.3) is 0 Å². The molecule has 0 bridgehead atoms. The van der Waals surface area contributed by atoms with E-state index >= 15 is 0 Å². The third kappa shape index (κ3) is 2.92. The first kappa shape index (κ1) is 19.1. The van der Waals surface area contributed by atoms with Crippen LogP contribution in [0.5, 0.6) is 0 Å². The fraction of sp³-hybridized carbons (Fsp3) is 0. The van der Waals surface area contributed by atoms with Gasteiger partial charge >= 0.3 is 0 Å². The van der Waals surface area contributed by atoms with E-state index in [1.54, 1.807) is 12.1 Å². The van der Waals surface area contributed by atoms with E-state index in [1.807, 2.05) is 30.3 Å². The Morgan fingerprint density at radius 1 is 0.688 bits per heavy atom. The van der Waals surface area contributed by atoms with E-state index in [0.29, 0.717) is 22.7 Å². The van der Waals surface area contributed by atoms with Crippen molar-refractivity contribution in [2.24, 2.45) is 0 Å². The minimum absolute atomic E-state index is 0.00416. The Balaban J connectivity index is 1.36. The molecule has 0 fully saturated rings. The summed E-state index contributed by atoms with van der Waals surface area (Å²) < 4.78 is 11.8. The van der Waals surface area contributed by atoms with Crippen LogP contribution in [-0.4, -0.2) is 11.6 Å². The Morgan fingerprint density at radius 3 is 2.03 bits per heavy atom. The van der Waals surface area contributed by atoms with Gasteiger partial charge in [-0.2, -0.15) is 0 Å². The highest BCUT2D eigenvalue weighted by Gasteiger charge is 2.34. The maximum absolute atomic E-state index is 12.7. The molecule has 1 aliphatic rings. The summed E-state index contributed by atoms with van der Waals surface area (Å²) in [5.41, 5.74) is 2.47. The van der Waals surface area contributed by atoms with Gasteiger partial charge < -0.3 is 8.83 Å². The number of carbonyl (C=O) groups is 2. The Labute approximate surface area is 191 Å². The molecule has 5 aromatic rings. The van der Waals surface area contributed by atoms with Gasteiger partial charge in [-0.15, -0.1) is 0 Å². The molecule has 6 heteroatoms. The largest absolute Gasteiger partial charge is 0.453 e. The molecule has 1 aliphatic carbocycles. The molecule has 2 aromatic heterocycles. The van der Waals surface area contributed by atoms with E-state index in [9.17, 15) is 9.59 Å². The number of carbonyl (C=O) groups excluding carboxylic acids is 2. The number of halogens is 2. The summed E-state index contributed by atoms with van der Waals surface area (Å²) in [4.78, 5) is 25.4. The van der Waals surface area contributed by atoms with Crippen LogP contribution in [0.3, 0.4) is 0 Å². The zero-order chi connectivity index (χ0) is 22.0. The van der Waals surface area contributed by atoms with E-state index in [2.05, 4.69) is 12.1 Å². The predicted molar refractivity (Wildman–Crippen MR) is 125 cm³/mol. The second-order valence-corrected chi connectivity index (χ2v) is 8.39. The zero-order valence-electron chi connectivity index (χ0n) is 16.3. The zero-order valence-corrected chi connectivity index (χ0v) is 17.8. The fourth-order valence-corrected chi connectivity index (χ4v) is 4.33. The molecule has 0 saturated heterocycles. The van der Waals surface area contributed by atoms with Crippen LogP contribution in [0.1, 0.15) is 26.5 Å². The van der Waals surface area contributed by atoms with Crippen LogP contribution in [0.2, 0.25) is 10.0 Å². The van der Waals surface area contributed by atoms with Crippen molar-refractivity contribution >= 4 is 62.8 Å². The van der Waals surface area contributed by atoms with Gasteiger partial charge in [-0.05, 0) is 35.0 Å². The second kappa shape index (κ2) is 6.95. The molecule has 0 atom stereocenters. The van der Waals surface area contributed by atoms with E-state index in [0.717, 1.165) is 16.3 Å². The van der Waals surface area contributed by atoms with Crippen molar-refractivity contribution in [2.45, 2.75) is 0 Å². The van der Waals surface area contributed by atoms with Crippen molar-refractivity contribution in [3.8, 4) is 11.3 Å². The number of rotatable bonds is 2. The van der Waals surface area contributed by atoms with Gasteiger partial charge in [-0.3, -0.25) is 9.59 Å². The first-order valence-corrected chi connectivity index (χ1v) is 10.6. The minimum Gasteiger partial charge on any atom is -0.453 e. The van der Waals surface area contributed by atoms with Crippen molar-refractivity contribution < 1.29 is 18.4 Å². The highest BCUT2D eigenvalue weighted by atomic mass is 35.5. The van der Waals surface area contributed by atoms with Gasteiger partial charge in [0.2, 0.25) is 0 Å². The van der Waals surface area contributed by atoms with Crippen molar-refractivity contribution in [3.05, 3.63) is 99.2 Å². The summed E-state index contributed by atoms with van der Waals surface area (Å²) in [6.07, 6.45) is 1.43. The molecule has 154 valence electrons. The number of allylic oxidation sites excluding steroid dienone is 1. The molecular formula is C26H12Cl2O4. The molecule has 0 spiro atoms. The lowest BCUT2D eigenvalue weighted by Crippen LogP contribution is -1.99. The van der Waals surface area contributed by atoms with Crippen molar-refractivity contribution in [1.82, 2.24) is 0 Å². The molecule has 3 aromatic carbocycles. The van der Waals surface area contributed by atoms with Crippen molar-refractivity contribution in [2.75, 3.05) is 0 Å². The molecule has 32 heavy (non-hydrogen) atoms. The molecule has 0 amide bonds. The Hall–Kier alpha value is -3.60. The lowest BCUT2D eigenvalue weighted by Gasteiger charge is -2.00. The Bertz CT molecular complexity index is 1560. The monoisotopic (exact) mass is 458 g/mol. The Kier molecular flexibility index (Phi) is 4.15. The van der Waals surface area contributed by atoms with Crippen molar-refractivity contribution in [1.29, 1.82) is 0 Å². The number of hydrogen-bond donors (Lipinski definition) is 0. The number of fused-ring (bicyclic) bond motifs is 3. The normalized spacial score (nSPS) is 13.4. The van der Waals surface area contributed by atoms with E-state index in [1.165, 1.54) is 18.2 Å². The molecule has 6 rings (SSSR count). The summed E-state index contributed by atoms with van der Waals surface area (Å²) in [6.45, 7) is 0. The minimum atomic E-state index is -0.409. The first-order chi connectivity index (χ1) is 15.5. The van der Waals surface area contributed by atoms with E-state index < -0.39 is 11.6 Å².